The molecule has 0 saturated heterocycles. The monoisotopic (exact) mass is 425 g/mol. The molecular weight excluding hydrogens is 402 g/mol. The number of amides is 1. The summed E-state index contributed by atoms with van der Waals surface area (Å²) < 4.78 is 17.0. The number of methoxy groups -OCH3 is 1. The Labute approximate surface area is 161 Å². The fourth-order valence-corrected chi connectivity index (χ4v) is 3.03. The summed E-state index contributed by atoms with van der Waals surface area (Å²) in [7, 11) is 1.59. The molecule has 0 radical (unpaired) electrons. The highest BCUT2D eigenvalue weighted by atomic mass is 79.9. The second-order valence-electron chi connectivity index (χ2n) is 6.01. The first-order valence-corrected chi connectivity index (χ1v) is 9.36. The van der Waals surface area contributed by atoms with E-state index >= 15 is 0 Å². The molecule has 142 valence electrons. The molecule has 1 aromatic heterocycles. The van der Waals surface area contributed by atoms with Gasteiger partial charge in [-0.3, -0.25) is 4.79 Å². The van der Waals surface area contributed by atoms with Gasteiger partial charge in [0.2, 0.25) is 17.6 Å². The maximum Gasteiger partial charge on any atom is 0.226 e. The fourth-order valence-electron chi connectivity index (χ4n) is 2.43. The van der Waals surface area contributed by atoms with Gasteiger partial charge in [-0.1, -0.05) is 5.16 Å². The summed E-state index contributed by atoms with van der Waals surface area (Å²) in [6.45, 7) is 6.29. The number of hydrogen-bond donors (Lipinski definition) is 1. The molecular formula is C18H24BrN3O4. The molecule has 0 aliphatic heterocycles. The lowest BCUT2D eigenvalue weighted by Crippen LogP contribution is -2.29. The quantitative estimate of drug-likeness (QED) is 0.657. The predicted molar refractivity (Wildman–Crippen MR) is 101 cm³/mol. The molecule has 0 spiro atoms. The van der Waals surface area contributed by atoms with E-state index in [0.29, 0.717) is 49.1 Å². The molecule has 1 aromatic carbocycles. The maximum atomic E-state index is 11.7. The van der Waals surface area contributed by atoms with Crippen molar-refractivity contribution in [2.24, 2.45) is 0 Å². The Morgan fingerprint density at radius 2 is 2.15 bits per heavy atom. The van der Waals surface area contributed by atoms with Gasteiger partial charge in [-0.05, 0) is 55.3 Å². The Morgan fingerprint density at radius 1 is 1.38 bits per heavy atom. The molecule has 2 rings (SSSR count). The molecule has 0 fully saturated rings. The van der Waals surface area contributed by atoms with Crippen molar-refractivity contribution in [2.45, 2.75) is 46.1 Å². The molecule has 0 aliphatic rings. The number of benzene rings is 1. The number of carbonyl (C=O) groups is 1. The zero-order valence-corrected chi connectivity index (χ0v) is 17.1. The summed E-state index contributed by atoms with van der Waals surface area (Å²) in [6.07, 6.45) is 1.63. The molecule has 26 heavy (non-hydrogen) atoms. The van der Waals surface area contributed by atoms with E-state index < -0.39 is 0 Å². The van der Waals surface area contributed by atoms with Crippen molar-refractivity contribution in [1.29, 1.82) is 0 Å². The Morgan fingerprint density at radius 3 is 2.81 bits per heavy atom. The summed E-state index contributed by atoms with van der Waals surface area (Å²) in [6, 6.07) is 3.81. The lowest BCUT2D eigenvalue weighted by Gasteiger charge is -2.12. The van der Waals surface area contributed by atoms with Gasteiger partial charge in [-0.25, -0.2) is 0 Å². The topological polar surface area (TPSA) is 86.5 Å². The number of aryl methyl sites for hydroxylation is 1. The van der Waals surface area contributed by atoms with Gasteiger partial charge >= 0.3 is 0 Å². The zero-order chi connectivity index (χ0) is 19.1. The van der Waals surface area contributed by atoms with Crippen LogP contribution in [0.25, 0.3) is 11.4 Å². The van der Waals surface area contributed by atoms with Crippen LogP contribution in [0.1, 0.15) is 39.5 Å². The number of hydrogen-bond acceptors (Lipinski definition) is 6. The first-order chi connectivity index (χ1) is 12.4. The van der Waals surface area contributed by atoms with E-state index in [-0.39, 0.29) is 11.9 Å². The molecule has 0 atom stereocenters. The molecule has 2 aromatic rings. The van der Waals surface area contributed by atoms with Crippen molar-refractivity contribution >= 4 is 21.8 Å². The highest BCUT2D eigenvalue weighted by Gasteiger charge is 2.16. The third kappa shape index (κ3) is 5.45. The van der Waals surface area contributed by atoms with Crippen LogP contribution >= 0.6 is 15.9 Å². The third-order valence-corrected chi connectivity index (χ3v) is 4.07. The third-order valence-electron chi connectivity index (χ3n) is 3.48. The Kier molecular flexibility index (Phi) is 7.44. The summed E-state index contributed by atoms with van der Waals surface area (Å²) in [5.41, 5.74) is 0.758. The van der Waals surface area contributed by atoms with Gasteiger partial charge in [0, 0.05) is 24.4 Å². The van der Waals surface area contributed by atoms with Crippen LogP contribution in [0.4, 0.5) is 0 Å². The largest absolute Gasteiger partial charge is 0.492 e. The van der Waals surface area contributed by atoms with Crippen LogP contribution in [-0.2, 0) is 11.2 Å². The van der Waals surface area contributed by atoms with Crippen LogP contribution in [0.3, 0.4) is 0 Å². The fraction of sp³-hybridized carbons (Fsp3) is 0.500. The Bertz CT molecular complexity index is 746. The molecule has 0 unspecified atom stereocenters. The van der Waals surface area contributed by atoms with Crippen molar-refractivity contribution in [3.8, 4) is 22.9 Å². The van der Waals surface area contributed by atoms with Crippen LogP contribution in [0, 0.1) is 0 Å². The first-order valence-electron chi connectivity index (χ1n) is 8.57. The second kappa shape index (κ2) is 9.56. The number of carbonyl (C=O) groups excluding carboxylic acids is 1. The van der Waals surface area contributed by atoms with E-state index in [0.717, 1.165) is 10.0 Å². The van der Waals surface area contributed by atoms with Crippen LogP contribution < -0.4 is 14.8 Å². The van der Waals surface area contributed by atoms with Gasteiger partial charge in [-0.15, -0.1) is 0 Å². The second-order valence-corrected chi connectivity index (χ2v) is 6.86. The normalized spacial score (nSPS) is 10.8. The van der Waals surface area contributed by atoms with Crippen molar-refractivity contribution in [3.05, 3.63) is 22.5 Å². The van der Waals surface area contributed by atoms with Crippen LogP contribution in [0.5, 0.6) is 11.5 Å². The number of halogens is 1. The Hall–Kier alpha value is -2.09. The number of aromatic nitrogens is 2. The van der Waals surface area contributed by atoms with Gasteiger partial charge in [0.15, 0.2) is 11.5 Å². The summed E-state index contributed by atoms with van der Waals surface area (Å²) in [5, 5.41) is 6.89. The average Bonchev–Trinajstić information content (AvgIpc) is 3.03. The first kappa shape index (κ1) is 20.2. The van der Waals surface area contributed by atoms with E-state index in [4.69, 9.17) is 14.0 Å². The van der Waals surface area contributed by atoms with Gasteiger partial charge < -0.3 is 19.3 Å². The predicted octanol–water partition coefficient (Wildman–Crippen LogP) is 3.75. The molecule has 8 heteroatoms. The van der Waals surface area contributed by atoms with Crippen LogP contribution in [0.2, 0.25) is 0 Å². The van der Waals surface area contributed by atoms with Gasteiger partial charge in [0.1, 0.15) is 0 Å². The molecule has 0 bridgehead atoms. The summed E-state index contributed by atoms with van der Waals surface area (Å²) in [4.78, 5) is 16.1. The highest BCUT2D eigenvalue weighted by molar-refractivity contribution is 9.10. The molecule has 0 aliphatic carbocycles. The minimum Gasteiger partial charge on any atom is -0.492 e. The van der Waals surface area contributed by atoms with Crippen LogP contribution in [-0.4, -0.2) is 35.8 Å². The molecule has 0 saturated carbocycles. The van der Waals surface area contributed by atoms with Crippen molar-refractivity contribution in [2.75, 3.05) is 13.7 Å². The number of ether oxygens (including phenoxy) is 2. The number of nitrogens with zero attached hydrogens (tertiary/aromatic N) is 2. The van der Waals surface area contributed by atoms with Crippen molar-refractivity contribution < 1.29 is 18.8 Å². The van der Waals surface area contributed by atoms with Gasteiger partial charge in [0.25, 0.3) is 0 Å². The number of nitrogens with one attached hydrogen (secondary N) is 1. The molecule has 7 nitrogen and oxygen atoms in total. The lowest BCUT2D eigenvalue weighted by atomic mass is 10.2. The minimum atomic E-state index is 0.0279. The van der Waals surface area contributed by atoms with Crippen LogP contribution in [0.15, 0.2) is 21.1 Å². The molecule has 1 amide bonds. The highest BCUT2D eigenvalue weighted by Crippen LogP contribution is 2.39. The average molecular weight is 426 g/mol. The molecule has 1 heterocycles. The molecule has 1 N–H and O–H groups in total. The van der Waals surface area contributed by atoms with E-state index in [2.05, 4.69) is 31.4 Å². The van der Waals surface area contributed by atoms with E-state index in [1.165, 1.54) is 0 Å². The SMILES string of the molecule is CCOc1cc(-c2noc(CCCC(=O)NC(C)C)n2)cc(Br)c1OC. The summed E-state index contributed by atoms with van der Waals surface area (Å²) in [5.74, 6) is 2.23. The van der Waals surface area contributed by atoms with Crippen molar-refractivity contribution in [1.82, 2.24) is 15.5 Å². The van der Waals surface area contributed by atoms with Gasteiger partial charge in [-0.2, -0.15) is 4.98 Å². The minimum absolute atomic E-state index is 0.0279. The van der Waals surface area contributed by atoms with E-state index in [1.54, 1.807) is 7.11 Å². The van der Waals surface area contributed by atoms with Gasteiger partial charge in [0.05, 0.1) is 18.2 Å². The summed E-state index contributed by atoms with van der Waals surface area (Å²) >= 11 is 3.47. The smallest absolute Gasteiger partial charge is 0.226 e. The maximum absolute atomic E-state index is 11.7. The van der Waals surface area contributed by atoms with E-state index in [1.807, 2.05) is 32.9 Å². The van der Waals surface area contributed by atoms with Crippen molar-refractivity contribution in [3.63, 3.8) is 0 Å². The zero-order valence-electron chi connectivity index (χ0n) is 15.5. The number of rotatable bonds is 9. The lowest BCUT2D eigenvalue weighted by molar-refractivity contribution is -0.121. The van der Waals surface area contributed by atoms with E-state index in [9.17, 15) is 4.79 Å². The Balaban J connectivity index is 2.06. The standard InChI is InChI=1S/C18H24BrN3O4/c1-5-25-14-10-12(9-13(19)17(14)24-4)18-21-16(26-22-18)8-6-7-15(23)20-11(2)3/h9-11H,5-8H2,1-4H3,(H,20,23).